The van der Waals surface area contributed by atoms with Gasteiger partial charge >= 0.3 is 0 Å². The first-order chi connectivity index (χ1) is 7.52. The molecule has 1 aliphatic heterocycles. The molecule has 1 amide bonds. The summed E-state index contributed by atoms with van der Waals surface area (Å²) in [7, 11) is 0. The van der Waals surface area contributed by atoms with Gasteiger partial charge < -0.3 is 20.8 Å². The Hall–Kier alpha value is -0.650. The van der Waals surface area contributed by atoms with Gasteiger partial charge in [-0.2, -0.15) is 0 Å². The van der Waals surface area contributed by atoms with Crippen molar-refractivity contribution in [3.63, 3.8) is 0 Å². The molecule has 1 heterocycles. The van der Waals surface area contributed by atoms with Crippen LogP contribution in [0, 0.1) is 0 Å². The summed E-state index contributed by atoms with van der Waals surface area (Å²) < 4.78 is 0. The predicted molar refractivity (Wildman–Crippen MR) is 61.0 cm³/mol. The molecule has 5 heteroatoms. The second kappa shape index (κ2) is 5.12. The van der Waals surface area contributed by atoms with Crippen molar-refractivity contribution < 1.29 is 15.0 Å². The van der Waals surface area contributed by atoms with Crippen molar-refractivity contribution in [1.82, 2.24) is 10.6 Å². The number of carbonyl (C=O) groups excluding carboxylic acids is 1. The van der Waals surface area contributed by atoms with E-state index in [-0.39, 0.29) is 19.1 Å². The second-order valence-corrected chi connectivity index (χ2v) is 4.77. The fourth-order valence-electron chi connectivity index (χ4n) is 1.91. The number of hydrogen-bond donors (Lipinski definition) is 4. The van der Waals surface area contributed by atoms with Crippen LogP contribution < -0.4 is 10.6 Å². The Morgan fingerprint density at radius 2 is 2.12 bits per heavy atom. The van der Waals surface area contributed by atoms with Crippen molar-refractivity contribution in [2.24, 2.45) is 0 Å². The largest absolute Gasteiger partial charge is 0.394 e. The molecule has 1 aliphatic rings. The van der Waals surface area contributed by atoms with E-state index in [0.29, 0.717) is 6.42 Å². The number of aliphatic hydroxyl groups excluding tert-OH is 2. The van der Waals surface area contributed by atoms with Crippen LogP contribution in [0.15, 0.2) is 0 Å². The fourth-order valence-corrected chi connectivity index (χ4v) is 1.91. The lowest BCUT2D eigenvalue weighted by atomic mass is 9.93. The first-order valence-corrected chi connectivity index (χ1v) is 5.81. The molecule has 94 valence electrons. The fraction of sp³-hybridized carbons (Fsp3) is 0.909. The number of carbonyl (C=O) groups is 1. The summed E-state index contributed by atoms with van der Waals surface area (Å²) in [4.78, 5) is 12.1. The normalized spacial score (nSPS) is 25.8. The smallest absolute Gasteiger partial charge is 0.240 e. The molecule has 0 bridgehead atoms. The van der Waals surface area contributed by atoms with Crippen molar-refractivity contribution in [3.05, 3.63) is 0 Å². The summed E-state index contributed by atoms with van der Waals surface area (Å²) >= 11 is 0. The Balaban J connectivity index is 2.68. The summed E-state index contributed by atoms with van der Waals surface area (Å²) in [5.41, 5.74) is -1.46. The molecule has 0 aromatic carbocycles. The lowest BCUT2D eigenvalue weighted by Crippen LogP contribution is -2.61. The van der Waals surface area contributed by atoms with Crippen LogP contribution in [0.5, 0.6) is 0 Å². The molecule has 0 aromatic rings. The van der Waals surface area contributed by atoms with Crippen molar-refractivity contribution in [2.75, 3.05) is 19.8 Å². The third-order valence-electron chi connectivity index (χ3n) is 3.53. The van der Waals surface area contributed by atoms with Gasteiger partial charge in [0, 0.05) is 0 Å². The molecule has 4 N–H and O–H groups in total. The number of hydrogen-bond acceptors (Lipinski definition) is 4. The van der Waals surface area contributed by atoms with Crippen LogP contribution in [0.3, 0.4) is 0 Å². The van der Waals surface area contributed by atoms with Crippen molar-refractivity contribution in [3.8, 4) is 0 Å². The van der Waals surface area contributed by atoms with Gasteiger partial charge in [-0.15, -0.1) is 0 Å². The van der Waals surface area contributed by atoms with Crippen LogP contribution in [0.2, 0.25) is 0 Å². The van der Waals surface area contributed by atoms with Crippen LogP contribution >= 0.6 is 0 Å². The van der Waals surface area contributed by atoms with Gasteiger partial charge in [0.05, 0.1) is 24.3 Å². The molecule has 1 unspecified atom stereocenters. The highest BCUT2D eigenvalue weighted by Crippen LogP contribution is 2.20. The Kier molecular flexibility index (Phi) is 4.29. The first-order valence-electron chi connectivity index (χ1n) is 5.81. The molecule has 0 aromatic heterocycles. The minimum atomic E-state index is -0.898. The number of aliphatic hydroxyl groups is 2. The lowest BCUT2D eigenvalue weighted by molar-refractivity contribution is -0.130. The third kappa shape index (κ3) is 2.53. The number of rotatable bonds is 5. The zero-order valence-corrected chi connectivity index (χ0v) is 10.0. The van der Waals surface area contributed by atoms with Gasteiger partial charge in [-0.25, -0.2) is 0 Å². The highest BCUT2D eigenvalue weighted by Gasteiger charge is 2.40. The maximum atomic E-state index is 12.1. The summed E-state index contributed by atoms with van der Waals surface area (Å²) in [5.74, 6) is -0.144. The van der Waals surface area contributed by atoms with Gasteiger partial charge in [0.15, 0.2) is 0 Å². The summed E-state index contributed by atoms with van der Waals surface area (Å²) in [6.07, 6.45) is 2.26. The van der Waals surface area contributed by atoms with E-state index in [2.05, 4.69) is 10.6 Å². The van der Waals surface area contributed by atoms with Crippen LogP contribution in [0.4, 0.5) is 0 Å². The zero-order chi connectivity index (χ0) is 12.2. The molecule has 0 aliphatic carbocycles. The standard InChI is InChI=1S/C11H22N2O3/c1-3-11(7-14,8-15)13-9(16)10(2)5-4-6-12-10/h12,14-15H,3-8H2,1-2H3,(H,13,16). The number of amides is 1. The summed E-state index contributed by atoms with van der Waals surface area (Å²) in [5, 5.41) is 24.4. The lowest BCUT2D eigenvalue weighted by Gasteiger charge is -2.34. The number of nitrogens with one attached hydrogen (secondary N) is 2. The second-order valence-electron chi connectivity index (χ2n) is 4.77. The van der Waals surface area contributed by atoms with Crippen molar-refractivity contribution in [1.29, 1.82) is 0 Å². The highest BCUT2D eigenvalue weighted by molar-refractivity contribution is 5.86. The van der Waals surface area contributed by atoms with Crippen LogP contribution in [0.25, 0.3) is 0 Å². The molecule has 0 saturated carbocycles. The van der Waals surface area contributed by atoms with Crippen LogP contribution in [-0.2, 0) is 4.79 Å². The van der Waals surface area contributed by atoms with E-state index in [1.807, 2.05) is 13.8 Å². The minimum Gasteiger partial charge on any atom is -0.394 e. The van der Waals surface area contributed by atoms with E-state index >= 15 is 0 Å². The van der Waals surface area contributed by atoms with Gasteiger partial charge in [0.25, 0.3) is 0 Å². The summed E-state index contributed by atoms with van der Waals surface area (Å²) in [6.45, 7) is 4.02. The Labute approximate surface area is 96.2 Å². The van der Waals surface area contributed by atoms with Gasteiger partial charge in [-0.05, 0) is 32.7 Å². The molecule has 16 heavy (non-hydrogen) atoms. The molecular weight excluding hydrogens is 208 g/mol. The molecule has 0 radical (unpaired) electrons. The zero-order valence-electron chi connectivity index (χ0n) is 10.0. The molecule has 1 atom stereocenters. The van der Waals surface area contributed by atoms with Gasteiger partial charge in [0.2, 0.25) is 5.91 Å². The molecule has 0 spiro atoms. The van der Waals surface area contributed by atoms with E-state index in [1.54, 1.807) is 0 Å². The summed E-state index contributed by atoms with van der Waals surface area (Å²) in [6, 6.07) is 0. The average Bonchev–Trinajstić information content (AvgIpc) is 2.74. The molecule has 1 saturated heterocycles. The van der Waals surface area contributed by atoms with Gasteiger partial charge in [-0.3, -0.25) is 4.79 Å². The highest BCUT2D eigenvalue weighted by atomic mass is 16.3. The molecule has 1 fully saturated rings. The van der Waals surface area contributed by atoms with Crippen molar-refractivity contribution in [2.45, 2.75) is 44.2 Å². The Bertz CT molecular complexity index is 237. The van der Waals surface area contributed by atoms with Crippen LogP contribution in [-0.4, -0.2) is 47.0 Å². The van der Waals surface area contributed by atoms with Gasteiger partial charge in [-0.1, -0.05) is 6.92 Å². The third-order valence-corrected chi connectivity index (χ3v) is 3.53. The van der Waals surface area contributed by atoms with Crippen molar-refractivity contribution >= 4 is 5.91 Å². The monoisotopic (exact) mass is 230 g/mol. The predicted octanol–water partition coefficient (Wildman–Crippen LogP) is -0.622. The average molecular weight is 230 g/mol. The SMILES string of the molecule is CCC(CO)(CO)NC(=O)C1(C)CCCN1. The van der Waals surface area contributed by atoms with E-state index in [9.17, 15) is 15.0 Å². The van der Waals surface area contributed by atoms with E-state index in [1.165, 1.54) is 0 Å². The quantitative estimate of drug-likeness (QED) is 0.507. The Morgan fingerprint density at radius 1 is 1.50 bits per heavy atom. The van der Waals surface area contributed by atoms with E-state index < -0.39 is 11.1 Å². The minimum absolute atomic E-state index is 0.144. The molecule has 1 rings (SSSR count). The first kappa shape index (κ1) is 13.4. The molecule has 5 nitrogen and oxygen atoms in total. The Morgan fingerprint density at radius 3 is 2.50 bits per heavy atom. The topological polar surface area (TPSA) is 81.6 Å². The maximum absolute atomic E-state index is 12.1. The van der Waals surface area contributed by atoms with Gasteiger partial charge in [0.1, 0.15) is 0 Å². The maximum Gasteiger partial charge on any atom is 0.240 e. The molecular formula is C11H22N2O3. The van der Waals surface area contributed by atoms with Crippen LogP contribution in [0.1, 0.15) is 33.1 Å². The van der Waals surface area contributed by atoms with E-state index in [4.69, 9.17) is 0 Å². The van der Waals surface area contributed by atoms with E-state index in [0.717, 1.165) is 19.4 Å².